The van der Waals surface area contributed by atoms with Crippen molar-refractivity contribution in [2.75, 3.05) is 0 Å². The van der Waals surface area contributed by atoms with E-state index in [1.54, 1.807) is 0 Å². The van der Waals surface area contributed by atoms with Crippen molar-refractivity contribution in [2.24, 2.45) is 0 Å². The van der Waals surface area contributed by atoms with E-state index in [1.807, 2.05) is 13.0 Å². The number of nitrogens with one attached hydrogen (secondary N) is 1. The fourth-order valence-corrected chi connectivity index (χ4v) is 3.13. The Balaban J connectivity index is 2.16. The van der Waals surface area contributed by atoms with Gasteiger partial charge in [-0.05, 0) is 26.2 Å². The number of aromatic nitrogens is 2. The van der Waals surface area contributed by atoms with E-state index in [2.05, 4.69) is 12.2 Å². The third-order valence-electron chi connectivity index (χ3n) is 4.39. The Morgan fingerprint density at radius 1 is 1.38 bits per heavy atom. The van der Waals surface area contributed by atoms with Crippen molar-refractivity contribution in [2.45, 2.75) is 71.5 Å². The van der Waals surface area contributed by atoms with Crippen LogP contribution >= 0.6 is 0 Å². The number of carbonyl (C=O) groups is 1. The quantitative estimate of drug-likeness (QED) is 0.751. The summed E-state index contributed by atoms with van der Waals surface area (Å²) in [6.07, 6.45) is 5.39. The highest BCUT2D eigenvalue weighted by molar-refractivity contribution is 5.76. The molecule has 0 aromatic carbocycles. The number of unbranched alkanes of at least 4 members (excludes halogenated alkanes) is 2. The number of rotatable bonds is 7. The largest absolute Gasteiger partial charge is 0.352 e. The van der Waals surface area contributed by atoms with Gasteiger partial charge >= 0.3 is 5.69 Å². The Bertz CT molecular complexity index is 770. The minimum atomic E-state index is -0.663. The lowest BCUT2D eigenvalue weighted by Gasteiger charge is -2.15. The van der Waals surface area contributed by atoms with Gasteiger partial charge in [0.25, 0.3) is 5.56 Å². The van der Waals surface area contributed by atoms with Crippen molar-refractivity contribution in [1.82, 2.24) is 14.5 Å². The van der Waals surface area contributed by atoms with Crippen molar-refractivity contribution < 1.29 is 4.79 Å². The Kier molecular flexibility index (Phi) is 5.96. The molecule has 7 heteroatoms. The van der Waals surface area contributed by atoms with E-state index < -0.39 is 11.2 Å². The fourth-order valence-electron chi connectivity index (χ4n) is 3.13. The number of hydrogen-bond donors (Lipinski definition) is 1. The second-order valence-electron chi connectivity index (χ2n) is 6.33. The number of hydrogen-bond acceptors (Lipinski definition) is 4. The van der Waals surface area contributed by atoms with Gasteiger partial charge in [0.2, 0.25) is 5.91 Å². The molecular formula is C17H24N4O3. The number of nitriles is 1. The van der Waals surface area contributed by atoms with E-state index in [-0.39, 0.29) is 24.1 Å². The van der Waals surface area contributed by atoms with Crippen molar-refractivity contribution in [3.05, 3.63) is 32.1 Å². The summed E-state index contributed by atoms with van der Waals surface area (Å²) in [5.41, 5.74) is -0.683. The molecule has 0 saturated carbocycles. The topological polar surface area (TPSA) is 96.9 Å². The van der Waals surface area contributed by atoms with Gasteiger partial charge in [0.15, 0.2) is 0 Å². The van der Waals surface area contributed by atoms with Gasteiger partial charge in [-0.3, -0.25) is 14.2 Å². The Morgan fingerprint density at radius 3 is 2.79 bits per heavy atom. The molecular weight excluding hydrogens is 308 g/mol. The van der Waals surface area contributed by atoms with Crippen LogP contribution in [-0.2, 0) is 24.3 Å². The molecule has 2 rings (SSSR count). The normalized spacial score (nSPS) is 14.0. The van der Waals surface area contributed by atoms with Crippen LogP contribution < -0.4 is 16.6 Å². The zero-order valence-corrected chi connectivity index (χ0v) is 14.3. The van der Waals surface area contributed by atoms with E-state index in [0.717, 1.165) is 36.7 Å². The molecule has 0 spiro atoms. The summed E-state index contributed by atoms with van der Waals surface area (Å²) in [6, 6.07) is 1.88. The molecule has 1 amide bonds. The van der Waals surface area contributed by atoms with Crippen LogP contribution in [-0.4, -0.2) is 21.1 Å². The molecule has 0 unspecified atom stereocenters. The van der Waals surface area contributed by atoms with Crippen LogP contribution in [0, 0.1) is 11.3 Å². The van der Waals surface area contributed by atoms with Crippen molar-refractivity contribution >= 4 is 5.91 Å². The molecule has 2 heterocycles. The molecule has 130 valence electrons. The molecule has 0 aliphatic carbocycles. The predicted octanol–water partition coefficient (Wildman–Crippen LogP) is 0.913. The standard InChI is InChI=1S/C17H24N4O3/c1-3-4-5-7-12(2)19-15(22)11-21-16(23)13(10-18)14-8-6-9-20(14)17(21)24/h12H,3-9,11H2,1-2H3,(H,19,22)/t12-/m1/s1. The van der Waals surface area contributed by atoms with Crippen LogP contribution in [0.4, 0.5) is 0 Å². The van der Waals surface area contributed by atoms with Gasteiger partial charge in [-0.25, -0.2) is 9.36 Å². The second kappa shape index (κ2) is 7.95. The van der Waals surface area contributed by atoms with Crippen LogP contribution in [0.3, 0.4) is 0 Å². The summed E-state index contributed by atoms with van der Waals surface area (Å²) in [7, 11) is 0. The molecule has 0 bridgehead atoms. The molecule has 0 saturated heterocycles. The smallest absolute Gasteiger partial charge is 0.331 e. The fraction of sp³-hybridized carbons (Fsp3) is 0.647. The first-order valence-electron chi connectivity index (χ1n) is 8.55. The zero-order valence-electron chi connectivity index (χ0n) is 14.3. The van der Waals surface area contributed by atoms with Gasteiger partial charge in [0.1, 0.15) is 18.2 Å². The monoisotopic (exact) mass is 332 g/mol. The first-order chi connectivity index (χ1) is 11.5. The van der Waals surface area contributed by atoms with E-state index in [9.17, 15) is 19.6 Å². The number of carbonyl (C=O) groups excluding carboxylic acids is 1. The maximum Gasteiger partial charge on any atom is 0.331 e. The van der Waals surface area contributed by atoms with E-state index in [1.165, 1.54) is 4.57 Å². The summed E-state index contributed by atoms with van der Waals surface area (Å²) in [5.74, 6) is -0.374. The number of nitrogens with zero attached hydrogens (tertiary/aromatic N) is 3. The Morgan fingerprint density at radius 2 is 2.12 bits per heavy atom. The molecule has 1 aromatic heterocycles. The lowest BCUT2D eigenvalue weighted by atomic mass is 10.1. The van der Waals surface area contributed by atoms with Crippen LogP contribution in [0.2, 0.25) is 0 Å². The second-order valence-corrected chi connectivity index (χ2v) is 6.33. The first-order valence-corrected chi connectivity index (χ1v) is 8.55. The van der Waals surface area contributed by atoms with Crippen molar-refractivity contribution in [3.8, 4) is 6.07 Å². The molecule has 1 aliphatic heterocycles. The highest BCUT2D eigenvalue weighted by Crippen LogP contribution is 2.13. The van der Waals surface area contributed by atoms with Crippen molar-refractivity contribution in [3.63, 3.8) is 0 Å². The molecule has 1 aliphatic rings. The van der Waals surface area contributed by atoms with Crippen LogP contribution in [0.1, 0.15) is 57.2 Å². The molecule has 1 N–H and O–H groups in total. The predicted molar refractivity (Wildman–Crippen MR) is 89.7 cm³/mol. The molecule has 1 aromatic rings. The summed E-state index contributed by atoms with van der Waals surface area (Å²) in [4.78, 5) is 36.9. The van der Waals surface area contributed by atoms with Crippen LogP contribution in [0.25, 0.3) is 0 Å². The van der Waals surface area contributed by atoms with E-state index >= 15 is 0 Å². The lowest BCUT2D eigenvalue weighted by Crippen LogP contribution is -2.46. The molecule has 1 atom stereocenters. The zero-order chi connectivity index (χ0) is 17.7. The van der Waals surface area contributed by atoms with Gasteiger partial charge in [-0.2, -0.15) is 5.26 Å². The third-order valence-corrected chi connectivity index (χ3v) is 4.39. The first kappa shape index (κ1) is 18.0. The molecule has 24 heavy (non-hydrogen) atoms. The van der Waals surface area contributed by atoms with E-state index in [4.69, 9.17) is 0 Å². The van der Waals surface area contributed by atoms with Crippen LogP contribution in [0.5, 0.6) is 0 Å². The van der Waals surface area contributed by atoms with Gasteiger partial charge in [-0.15, -0.1) is 0 Å². The summed E-state index contributed by atoms with van der Waals surface area (Å²) < 4.78 is 2.32. The molecule has 7 nitrogen and oxygen atoms in total. The number of fused-ring (bicyclic) bond motifs is 1. The highest BCUT2D eigenvalue weighted by Gasteiger charge is 2.23. The Labute approximate surface area is 140 Å². The third kappa shape index (κ3) is 3.75. The average Bonchev–Trinajstić information content (AvgIpc) is 3.01. The SMILES string of the molecule is CCCCC[C@@H](C)NC(=O)Cn1c(=O)c(C#N)c2n(c1=O)CCC2. The lowest BCUT2D eigenvalue weighted by molar-refractivity contribution is -0.122. The molecule has 0 radical (unpaired) electrons. The van der Waals surface area contributed by atoms with Gasteiger partial charge < -0.3 is 5.32 Å². The minimum absolute atomic E-state index is 0.00706. The van der Waals surface area contributed by atoms with Crippen LogP contribution in [0.15, 0.2) is 9.59 Å². The molecule has 0 fully saturated rings. The average molecular weight is 332 g/mol. The van der Waals surface area contributed by atoms with Gasteiger partial charge in [0.05, 0.1) is 0 Å². The summed E-state index contributed by atoms with van der Waals surface area (Å²) in [6.45, 7) is 4.17. The summed E-state index contributed by atoms with van der Waals surface area (Å²) >= 11 is 0. The van der Waals surface area contributed by atoms with E-state index in [0.29, 0.717) is 18.7 Å². The Hall–Kier alpha value is -2.36. The minimum Gasteiger partial charge on any atom is -0.352 e. The van der Waals surface area contributed by atoms with Crippen molar-refractivity contribution in [1.29, 1.82) is 5.26 Å². The summed E-state index contributed by atoms with van der Waals surface area (Å²) in [5, 5.41) is 12.0. The van der Waals surface area contributed by atoms with Gasteiger partial charge in [0, 0.05) is 18.3 Å². The highest BCUT2D eigenvalue weighted by atomic mass is 16.2. The maximum absolute atomic E-state index is 12.4. The van der Waals surface area contributed by atoms with Gasteiger partial charge in [-0.1, -0.05) is 26.2 Å². The maximum atomic E-state index is 12.4. The number of amides is 1.